The Balaban J connectivity index is 1.77. The first kappa shape index (κ1) is 17.1. The van der Waals surface area contributed by atoms with Crippen LogP contribution in [-0.4, -0.2) is 4.98 Å². The van der Waals surface area contributed by atoms with Gasteiger partial charge in [0.2, 0.25) is 11.2 Å². The Bertz CT molecular complexity index is 1270. The number of hydrogen-bond acceptors (Lipinski definition) is 1. The highest BCUT2D eigenvalue weighted by molar-refractivity contribution is 5.84. The van der Waals surface area contributed by atoms with Gasteiger partial charge in [-0.15, -0.1) is 0 Å². The van der Waals surface area contributed by atoms with Gasteiger partial charge in [-0.3, -0.25) is 4.98 Å². The van der Waals surface area contributed by atoms with Crippen molar-refractivity contribution in [3.63, 3.8) is 0 Å². The molecule has 138 valence electrons. The van der Waals surface area contributed by atoms with Gasteiger partial charge >= 0.3 is 0 Å². The molecule has 0 amide bonds. The number of aromatic nitrogens is 2. The number of hydrogen-bond donors (Lipinski definition) is 0. The molecule has 2 heteroatoms. The number of fused-ring (bicyclic) bond motifs is 4. The molecule has 0 N–H and O–H groups in total. The summed E-state index contributed by atoms with van der Waals surface area (Å²) in [5, 5.41) is 1.26. The largest absolute Gasteiger partial charge is 0.257 e. The van der Waals surface area contributed by atoms with Crippen LogP contribution in [0, 0.1) is 13.8 Å². The quantitative estimate of drug-likeness (QED) is 0.398. The fourth-order valence-electron chi connectivity index (χ4n) is 4.72. The predicted octanol–water partition coefficient (Wildman–Crippen LogP) is 5.65. The lowest BCUT2D eigenvalue weighted by molar-refractivity contribution is -0.633. The molecule has 0 atom stereocenters. The van der Waals surface area contributed by atoms with E-state index >= 15 is 0 Å². The van der Waals surface area contributed by atoms with E-state index in [-0.39, 0.29) is 5.41 Å². The van der Waals surface area contributed by atoms with E-state index in [4.69, 9.17) is 4.98 Å². The first-order valence-electron chi connectivity index (χ1n) is 9.90. The van der Waals surface area contributed by atoms with Crippen LogP contribution in [0.5, 0.6) is 0 Å². The van der Waals surface area contributed by atoms with Gasteiger partial charge in [-0.25, -0.2) is 0 Å². The molecule has 2 aromatic heterocycles. The summed E-state index contributed by atoms with van der Waals surface area (Å²) in [4.78, 5) is 4.91. The fraction of sp³-hybridized carbons (Fsp3) is 0.231. The molecule has 4 aromatic rings. The van der Waals surface area contributed by atoms with Gasteiger partial charge in [0.05, 0.1) is 5.69 Å². The van der Waals surface area contributed by atoms with E-state index in [2.05, 4.69) is 100.0 Å². The third-order valence-corrected chi connectivity index (χ3v) is 6.31. The smallest absolute Gasteiger partial charge is 0.213 e. The minimum atomic E-state index is -0.0887. The molecule has 2 heterocycles. The van der Waals surface area contributed by atoms with Crippen molar-refractivity contribution in [3.05, 3.63) is 83.2 Å². The topological polar surface area (TPSA) is 16.8 Å². The monoisotopic (exact) mass is 365 g/mol. The number of rotatable bonds is 1. The van der Waals surface area contributed by atoms with Crippen LogP contribution >= 0.6 is 0 Å². The van der Waals surface area contributed by atoms with Crippen molar-refractivity contribution < 1.29 is 4.57 Å². The minimum absolute atomic E-state index is 0.0887. The van der Waals surface area contributed by atoms with Crippen LogP contribution in [0.2, 0.25) is 0 Å². The molecule has 2 aromatic carbocycles. The maximum atomic E-state index is 4.91. The third kappa shape index (κ3) is 2.27. The van der Waals surface area contributed by atoms with Gasteiger partial charge in [-0.1, -0.05) is 38.1 Å². The number of benzene rings is 2. The van der Waals surface area contributed by atoms with Crippen LogP contribution in [0.25, 0.3) is 33.3 Å². The second-order valence-electron chi connectivity index (χ2n) is 8.52. The lowest BCUT2D eigenvalue weighted by atomic mass is 9.83. The second-order valence-corrected chi connectivity index (χ2v) is 8.52. The molecular weight excluding hydrogens is 340 g/mol. The Hall–Kier alpha value is -3.00. The first-order chi connectivity index (χ1) is 13.4. The van der Waals surface area contributed by atoms with Gasteiger partial charge < -0.3 is 0 Å². The summed E-state index contributed by atoms with van der Waals surface area (Å²) in [7, 11) is 2.16. The molecule has 0 spiro atoms. The highest BCUT2D eigenvalue weighted by Crippen LogP contribution is 2.49. The molecule has 0 fully saturated rings. The van der Waals surface area contributed by atoms with Crippen molar-refractivity contribution >= 4 is 10.9 Å². The SMILES string of the molecule is Cc1ccc2c(n1)C(C)(C)c1cc(-c3ccc4ccccc4[n+]3C)c(C)cc1-2. The second kappa shape index (κ2) is 5.75. The van der Waals surface area contributed by atoms with E-state index < -0.39 is 0 Å². The summed E-state index contributed by atoms with van der Waals surface area (Å²) in [6.45, 7) is 8.88. The Kier molecular flexibility index (Phi) is 3.51. The number of pyridine rings is 2. The van der Waals surface area contributed by atoms with Gasteiger partial charge in [0.1, 0.15) is 7.05 Å². The molecule has 5 rings (SSSR count). The predicted molar refractivity (Wildman–Crippen MR) is 115 cm³/mol. The van der Waals surface area contributed by atoms with Crippen molar-refractivity contribution in [3.8, 4) is 22.4 Å². The summed E-state index contributed by atoms with van der Waals surface area (Å²) >= 11 is 0. The molecule has 2 nitrogen and oxygen atoms in total. The number of nitrogens with zero attached hydrogens (tertiary/aromatic N) is 2. The Morgan fingerprint density at radius 1 is 0.821 bits per heavy atom. The molecule has 0 bridgehead atoms. The van der Waals surface area contributed by atoms with Crippen LogP contribution in [0.4, 0.5) is 0 Å². The summed E-state index contributed by atoms with van der Waals surface area (Å²) in [5.41, 5.74) is 11.3. The Morgan fingerprint density at radius 2 is 1.61 bits per heavy atom. The van der Waals surface area contributed by atoms with Gasteiger partial charge in [0.15, 0.2) is 0 Å². The molecule has 0 radical (unpaired) electrons. The maximum absolute atomic E-state index is 4.91. The summed E-state index contributed by atoms with van der Waals surface area (Å²) in [6, 6.07) is 22.1. The highest BCUT2D eigenvalue weighted by atomic mass is 14.9. The van der Waals surface area contributed by atoms with Gasteiger partial charge in [0.25, 0.3) is 0 Å². The van der Waals surface area contributed by atoms with E-state index in [1.807, 2.05) is 0 Å². The highest BCUT2D eigenvalue weighted by Gasteiger charge is 2.38. The maximum Gasteiger partial charge on any atom is 0.213 e. The van der Waals surface area contributed by atoms with E-state index in [1.54, 1.807) is 0 Å². The first-order valence-corrected chi connectivity index (χ1v) is 9.90. The summed E-state index contributed by atoms with van der Waals surface area (Å²) in [5.74, 6) is 0. The minimum Gasteiger partial charge on any atom is -0.257 e. The van der Waals surface area contributed by atoms with Gasteiger partial charge in [-0.2, -0.15) is 4.57 Å². The van der Waals surface area contributed by atoms with E-state index in [0.29, 0.717) is 0 Å². The van der Waals surface area contributed by atoms with E-state index in [9.17, 15) is 0 Å². The third-order valence-electron chi connectivity index (χ3n) is 6.31. The number of para-hydroxylation sites is 1. The van der Waals surface area contributed by atoms with E-state index in [0.717, 1.165) is 5.69 Å². The van der Waals surface area contributed by atoms with Crippen LogP contribution in [0.3, 0.4) is 0 Å². The average molecular weight is 366 g/mol. The van der Waals surface area contributed by atoms with Crippen molar-refractivity contribution in [2.24, 2.45) is 7.05 Å². The zero-order chi connectivity index (χ0) is 19.6. The summed E-state index contributed by atoms with van der Waals surface area (Å²) in [6.07, 6.45) is 0. The van der Waals surface area contributed by atoms with Crippen LogP contribution in [0.1, 0.15) is 36.4 Å². The van der Waals surface area contributed by atoms with Crippen molar-refractivity contribution in [1.29, 1.82) is 0 Å². The van der Waals surface area contributed by atoms with Crippen LogP contribution < -0.4 is 4.57 Å². The van der Waals surface area contributed by atoms with Gasteiger partial charge in [0, 0.05) is 39.8 Å². The van der Waals surface area contributed by atoms with Crippen molar-refractivity contribution in [1.82, 2.24) is 4.98 Å². The van der Waals surface area contributed by atoms with Crippen LogP contribution in [-0.2, 0) is 12.5 Å². The lowest BCUT2D eigenvalue weighted by Gasteiger charge is -2.21. The normalized spacial score (nSPS) is 14.2. The molecule has 28 heavy (non-hydrogen) atoms. The lowest BCUT2D eigenvalue weighted by Crippen LogP contribution is -2.32. The Labute approximate surface area is 166 Å². The standard InChI is InChI=1S/C26H25N2/c1-16-14-21-19-12-10-17(2)27-25(19)26(3,4)22(21)15-20(16)24-13-11-18-8-6-7-9-23(18)28(24)5/h6-15H,1-5H3/q+1. The molecule has 0 unspecified atom stereocenters. The van der Waals surface area contributed by atoms with Gasteiger partial charge in [-0.05, 0) is 54.8 Å². The van der Waals surface area contributed by atoms with Crippen molar-refractivity contribution in [2.75, 3.05) is 0 Å². The molecule has 1 aliphatic rings. The molecule has 1 aliphatic carbocycles. The average Bonchev–Trinajstić information content (AvgIpc) is 2.88. The summed E-state index contributed by atoms with van der Waals surface area (Å²) < 4.78 is 2.31. The zero-order valence-corrected chi connectivity index (χ0v) is 17.2. The molecule has 0 aliphatic heterocycles. The zero-order valence-electron chi connectivity index (χ0n) is 17.2. The van der Waals surface area contributed by atoms with E-state index in [1.165, 1.54) is 50.1 Å². The van der Waals surface area contributed by atoms with Crippen LogP contribution in [0.15, 0.2) is 60.7 Å². The fourth-order valence-corrected chi connectivity index (χ4v) is 4.72. The molecule has 0 saturated heterocycles. The van der Waals surface area contributed by atoms with Crippen molar-refractivity contribution in [2.45, 2.75) is 33.1 Å². The Morgan fingerprint density at radius 3 is 2.43 bits per heavy atom. The number of aryl methyl sites for hydroxylation is 3. The molecule has 0 saturated carbocycles. The molecular formula is C26H25N2+.